The van der Waals surface area contributed by atoms with E-state index in [4.69, 9.17) is 5.73 Å². The highest BCUT2D eigenvalue weighted by molar-refractivity contribution is 9.10. The van der Waals surface area contributed by atoms with Crippen molar-refractivity contribution in [1.82, 2.24) is 4.90 Å². The molecule has 2 nitrogen and oxygen atoms in total. The summed E-state index contributed by atoms with van der Waals surface area (Å²) >= 11 is 5.41. The van der Waals surface area contributed by atoms with Crippen molar-refractivity contribution in [1.29, 1.82) is 0 Å². The standard InChI is InChI=1S/C12H21BrN2S/c1-9-11(13)5-10(16-9)6-15(4)8-12(2,3)7-14/h5H,6-8,14H2,1-4H3. The van der Waals surface area contributed by atoms with Gasteiger partial charge < -0.3 is 10.6 Å². The van der Waals surface area contributed by atoms with Crippen molar-refractivity contribution in [3.05, 3.63) is 20.3 Å². The van der Waals surface area contributed by atoms with Gasteiger partial charge in [-0.2, -0.15) is 0 Å². The van der Waals surface area contributed by atoms with Crippen molar-refractivity contribution in [2.45, 2.75) is 27.3 Å². The maximum atomic E-state index is 5.74. The summed E-state index contributed by atoms with van der Waals surface area (Å²) in [5.41, 5.74) is 5.94. The Hall–Kier alpha value is 0.100. The molecule has 16 heavy (non-hydrogen) atoms. The molecule has 1 rings (SSSR count). The third-order valence-corrected chi connectivity index (χ3v) is 4.71. The van der Waals surface area contributed by atoms with E-state index in [-0.39, 0.29) is 5.41 Å². The average Bonchev–Trinajstić information content (AvgIpc) is 2.44. The Balaban J connectivity index is 2.54. The van der Waals surface area contributed by atoms with Gasteiger partial charge in [-0.15, -0.1) is 11.3 Å². The molecular formula is C12H21BrN2S. The van der Waals surface area contributed by atoms with Crippen LogP contribution in [0.2, 0.25) is 0 Å². The fourth-order valence-corrected chi connectivity index (χ4v) is 3.40. The Morgan fingerprint density at radius 1 is 1.50 bits per heavy atom. The Bertz CT molecular complexity index is 327. The van der Waals surface area contributed by atoms with E-state index in [1.165, 1.54) is 14.2 Å². The van der Waals surface area contributed by atoms with Gasteiger partial charge in [0.15, 0.2) is 0 Å². The summed E-state index contributed by atoms with van der Waals surface area (Å²) in [5, 5.41) is 0. The lowest BCUT2D eigenvalue weighted by molar-refractivity contribution is 0.211. The monoisotopic (exact) mass is 304 g/mol. The first kappa shape index (κ1) is 14.2. The lowest BCUT2D eigenvalue weighted by Crippen LogP contribution is -2.36. The Morgan fingerprint density at radius 2 is 2.12 bits per heavy atom. The molecule has 0 aromatic carbocycles. The molecule has 0 radical (unpaired) electrons. The first-order valence-electron chi connectivity index (χ1n) is 5.47. The Labute approximate surface area is 111 Å². The van der Waals surface area contributed by atoms with Crippen LogP contribution in [0.1, 0.15) is 23.6 Å². The SMILES string of the molecule is Cc1sc(CN(C)CC(C)(C)CN)cc1Br. The van der Waals surface area contributed by atoms with Gasteiger partial charge in [-0.05, 0) is 47.9 Å². The third-order valence-electron chi connectivity index (χ3n) is 2.58. The first-order valence-corrected chi connectivity index (χ1v) is 7.08. The normalized spacial score (nSPS) is 12.4. The quantitative estimate of drug-likeness (QED) is 0.905. The number of aryl methyl sites for hydroxylation is 1. The number of rotatable bonds is 5. The molecule has 0 saturated carbocycles. The van der Waals surface area contributed by atoms with E-state index in [2.05, 4.69) is 54.7 Å². The summed E-state index contributed by atoms with van der Waals surface area (Å²) in [7, 11) is 2.15. The molecule has 0 aliphatic rings. The van der Waals surface area contributed by atoms with Crippen molar-refractivity contribution in [3.8, 4) is 0 Å². The molecule has 0 amide bonds. The molecular weight excluding hydrogens is 284 g/mol. The van der Waals surface area contributed by atoms with E-state index in [1.54, 1.807) is 0 Å². The van der Waals surface area contributed by atoms with E-state index in [1.807, 2.05) is 11.3 Å². The second-order valence-corrected chi connectivity index (χ2v) is 7.35. The first-order chi connectivity index (χ1) is 7.34. The number of hydrogen-bond acceptors (Lipinski definition) is 3. The average molecular weight is 305 g/mol. The van der Waals surface area contributed by atoms with E-state index in [0.717, 1.165) is 19.6 Å². The molecule has 92 valence electrons. The predicted molar refractivity (Wildman–Crippen MR) is 75.9 cm³/mol. The summed E-state index contributed by atoms with van der Waals surface area (Å²) in [4.78, 5) is 5.09. The van der Waals surface area contributed by atoms with E-state index in [9.17, 15) is 0 Å². The topological polar surface area (TPSA) is 29.3 Å². The fraction of sp³-hybridized carbons (Fsp3) is 0.667. The fourth-order valence-electron chi connectivity index (χ4n) is 1.71. The third kappa shape index (κ3) is 4.17. The van der Waals surface area contributed by atoms with Gasteiger partial charge in [0.05, 0.1) is 0 Å². The van der Waals surface area contributed by atoms with Crippen LogP contribution in [0.4, 0.5) is 0 Å². The molecule has 0 bridgehead atoms. The number of thiophene rings is 1. The second-order valence-electron chi connectivity index (χ2n) is 5.16. The molecule has 1 aromatic rings. The number of halogens is 1. The van der Waals surface area contributed by atoms with Gasteiger partial charge in [0, 0.05) is 27.3 Å². The number of nitrogens with two attached hydrogens (primary N) is 1. The van der Waals surface area contributed by atoms with Gasteiger partial charge in [0.25, 0.3) is 0 Å². The molecule has 0 spiro atoms. The summed E-state index contributed by atoms with van der Waals surface area (Å²) < 4.78 is 1.22. The minimum Gasteiger partial charge on any atom is -0.330 e. The maximum Gasteiger partial charge on any atom is 0.0325 e. The van der Waals surface area contributed by atoms with Crippen LogP contribution in [0, 0.1) is 12.3 Å². The molecule has 0 aliphatic carbocycles. The lowest BCUT2D eigenvalue weighted by atomic mass is 9.93. The summed E-state index contributed by atoms with van der Waals surface area (Å²) in [6, 6.07) is 2.21. The van der Waals surface area contributed by atoms with Crippen LogP contribution in [-0.4, -0.2) is 25.0 Å². The number of hydrogen-bond donors (Lipinski definition) is 1. The zero-order valence-corrected chi connectivity index (χ0v) is 12.9. The van der Waals surface area contributed by atoms with Crippen molar-refractivity contribution in [3.63, 3.8) is 0 Å². The molecule has 0 saturated heterocycles. The molecule has 1 heterocycles. The highest BCUT2D eigenvalue weighted by Crippen LogP contribution is 2.27. The second kappa shape index (κ2) is 5.63. The molecule has 0 aliphatic heterocycles. The Kier molecular flexibility index (Phi) is 4.98. The molecule has 0 fully saturated rings. The minimum absolute atomic E-state index is 0.193. The molecule has 0 unspecified atom stereocenters. The highest BCUT2D eigenvalue weighted by Gasteiger charge is 2.18. The molecule has 0 atom stereocenters. The van der Waals surface area contributed by atoms with Gasteiger partial charge >= 0.3 is 0 Å². The summed E-state index contributed by atoms with van der Waals surface area (Å²) in [6.07, 6.45) is 0. The Morgan fingerprint density at radius 3 is 2.56 bits per heavy atom. The molecule has 4 heteroatoms. The van der Waals surface area contributed by atoms with E-state index < -0.39 is 0 Å². The minimum atomic E-state index is 0.193. The predicted octanol–water partition coefficient (Wildman–Crippen LogP) is 3.24. The van der Waals surface area contributed by atoms with Crippen LogP contribution < -0.4 is 5.73 Å². The van der Waals surface area contributed by atoms with Crippen molar-refractivity contribution in [2.75, 3.05) is 20.1 Å². The largest absolute Gasteiger partial charge is 0.330 e. The van der Waals surface area contributed by atoms with Crippen LogP contribution >= 0.6 is 27.3 Å². The smallest absolute Gasteiger partial charge is 0.0325 e. The highest BCUT2D eigenvalue weighted by atomic mass is 79.9. The van der Waals surface area contributed by atoms with E-state index >= 15 is 0 Å². The zero-order chi connectivity index (χ0) is 12.3. The van der Waals surface area contributed by atoms with Crippen molar-refractivity contribution >= 4 is 27.3 Å². The van der Waals surface area contributed by atoms with Gasteiger partial charge in [-0.25, -0.2) is 0 Å². The van der Waals surface area contributed by atoms with Crippen molar-refractivity contribution < 1.29 is 0 Å². The lowest BCUT2D eigenvalue weighted by Gasteiger charge is -2.28. The van der Waals surface area contributed by atoms with E-state index in [0.29, 0.717) is 0 Å². The van der Waals surface area contributed by atoms with Crippen LogP contribution in [0.3, 0.4) is 0 Å². The van der Waals surface area contributed by atoms with Gasteiger partial charge in [0.1, 0.15) is 0 Å². The summed E-state index contributed by atoms with van der Waals surface area (Å²) in [5.74, 6) is 0. The van der Waals surface area contributed by atoms with Crippen LogP contribution in [-0.2, 0) is 6.54 Å². The molecule has 1 aromatic heterocycles. The molecule has 2 N–H and O–H groups in total. The number of nitrogens with zero attached hydrogens (tertiary/aromatic N) is 1. The van der Waals surface area contributed by atoms with Gasteiger partial charge in [-0.3, -0.25) is 0 Å². The van der Waals surface area contributed by atoms with Crippen LogP contribution in [0.5, 0.6) is 0 Å². The van der Waals surface area contributed by atoms with Crippen molar-refractivity contribution in [2.24, 2.45) is 11.1 Å². The maximum absolute atomic E-state index is 5.74. The summed E-state index contributed by atoms with van der Waals surface area (Å²) in [6.45, 7) is 9.31. The van der Waals surface area contributed by atoms with Crippen LogP contribution in [0.25, 0.3) is 0 Å². The zero-order valence-electron chi connectivity index (χ0n) is 10.5. The van der Waals surface area contributed by atoms with Gasteiger partial charge in [-0.1, -0.05) is 13.8 Å². The van der Waals surface area contributed by atoms with Crippen LogP contribution in [0.15, 0.2) is 10.5 Å². The van der Waals surface area contributed by atoms with Gasteiger partial charge in [0.2, 0.25) is 0 Å².